The van der Waals surface area contributed by atoms with E-state index in [4.69, 9.17) is 14.5 Å². The van der Waals surface area contributed by atoms with Crippen LogP contribution in [0.1, 0.15) is 5.56 Å². The monoisotopic (exact) mass is 406 g/mol. The molecular formula is C20H18N6O2S. The molecule has 8 nitrogen and oxygen atoms in total. The average molecular weight is 406 g/mol. The molecule has 4 heterocycles. The van der Waals surface area contributed by atoms with Crippen LogP contribution in [0, 0.1) is 0 Å². The Labute approximate surface area is 171 Å². The van der Waals surface area contributed by atoms with E-state index in [1.165, 1.54) is 7.11 Å². The van der Waals surface area contributed by atoms with Gasteiger partial charge in [-0.05, 0) is 40.1 Å². The van der Waals surface area contributed by atoms with Crippen LogP contribution in [-0.2, 0) is 6.54 Å². The summed E-state index contributed by atoms with van der Waals surface area (Å²) in [6.45, 7) is 0.579. The predicted octanol–water partition coefficient (Wildman–Crippen LogP) is 3.69. The minimum Gasteiger partial charge on any atom is -0.480 e. The molecule has 29 heavy (non-hydrogen) atoms. The zero-order valence-electron chi connectivity index (χ0n) is 15.9. The fourth-order valence-corrected chi connectivity index (χ4v) is 3.41. The van der Waals surface area contributed by atoms with Crippen LogP contribution in [0.25, 0.3) is 22.4 Å². The molecule has 0 bridgehead atoms. The van der Waals surface area contributed by atoms with E-state index < -0.39 is 0 Å². The molecule has 0 aromatic carbocycles. The lowest BCUT2D eigenvalue weighted by atomic mass is 10.1. The SMILES string of the molecule is COc1ncc(-c2nc(NCc3ccncc3)ncc2-c2ccsc2)c(OC)n1. The van der Waals surface area contributed by atoms with Crippen molar-refractivity contribution in [3.8, 4) is 34.3 Å². The van der Waals surface area contributed by atoms with Gasteiger partial charge in [0.2, 0.25) is 11.8 Å². The van der Waals surface area contributed by atoms with Crippen LogP contribution in [0.5, 0.6) is 11.9 Å². The largest absolute Gasteiger partial charge is 0.480 e. The maximum absolute atomic E-state index is 5.47. The summed E-state index contributed by atoms with van der Waals surface area (Å²) in [5.74, 6) is 0.876. The fourth-order valence-electron chi connectivity index (χ4n) is 2.75. The number of rotatable bonds is 7. The second-order valence-corrected chi connectivity index (χ2v) is 6.74. The molecule has 0 aliphatic heterocycles. The van der Waals surface area contributed by atoms with Gasteiger partial charge in [-0.15, -0.1) is 0 Å². The van der Waals surface area contributed by atoms with Crippen molar-refractivity contribution in [3.63, 3.8) is 0 Å². The summed E-state index contributed by atoms with van der Waals surface area (Å²) >= 11 is 1.61. The molecule has 0 aliphatic carbocycles. The maximum Gasteiger partial charge on any atom is 0.319 e. The van der Waals surface area contributed by atoms with Crippen LogP contribution < -0.4 is 14.8 Å². The fraction of sp³-hybridized carbons (Fsp3) is 0.150. The van der Waals surface area contributed by atoms with E-state index in [-0.39, 0.29) is 6.01 Å². The first-order valence-corrected chi connectivity index (χ1v) is 9.70. The Morgan fingerprint density at radius 2 is 1.79 bits per heavy atom. The standard InChI is InChI=1S/C20H18N6O2S/c1-27-18-16(11-24-20(26-18)28-2)17-15(14-5-8-29-12-14)10-23-19(25-17)22-9-13-3-6-21-7-4-13/h3-8,10-12H,9H2,1-2H3,(H,22,23,25). The number of methoxy groups -OCH3 is 2. The molecule has 0 radical (unpaired) electrons. The second kappa shape index (κ2) is 8.61. The molecule has 1 N–H and O–H groups in total. The Morgan fingerprint density at radius 3 is 2.52 bits per heavy atom. The van der Waals surface area contributed by atoms with Crippen LogP contribution in [0.2, 0.25) is 0 Å². The Kier molecular flexibility index (Phi) is 5.57. The van der Waals surface area contributed by atoms with Gasteiger partial charge in [-0.25, -0.2) is 15.0 Å². The minimum absolute atomic E-state index is 0.229. The van der Waals surface area contributed by atoms with Crippen molar-refractivity contribution in [3.05, 3.63) is 59.3 Å². The summed E-state index contributed by atoms with van der Waals surface area (Å²) in [6, 6.07) is 6.13. The van der Waals surface area contributed by atoms with Gasteiger partial charge in [-0.3, -0.25) is 4.98 Å². The lowest BCUT2D eigenvalue weighted by Crippen LogP contribution is -2.06. The number of thiophene rings is 1. The van der Waals surface area contributed by atoms with Crippen molar-refractivity contribution in [2.24, 2.45) is 0 Å². The normalized spacial score (nSPS) is 10.6. The molecule has 146 valence electrons. The van der Waals surface area contributed by atoms with Crippen LogP contribution in [0.3, 0.4) is 0 Å². The van der Waals surface area contributed by atoms with Gasteiger partial charge in [0.1, 0.15) is 0 Å². The summed E-state index contributed by atoms with van der Waals surface area (Å²) in [6.07, 6.45) is 6.95. The molecule has 9 heteroatoms. The number of nitrogens with one attached hydrogen (secondary N) is 1. The number of aromatic nitrogens is 5. The summed E-state index contributed by atoms with van der Waals surface area (Å²) < 4.78 is 10.6. The van der Waals surface area contributed by atoms with Crippen molar-refractivity contribution in [2.75, 3.05) is 19.5 Å². The highest BCUT2D eigenvalue weighted by Crippen LogP contribution is 2.36. The number of nitrogens with zero attached hydrogens (tertiary/aromatic N) is 5. The molecule has 4 aromatic heterocycles. The number of anilines is 1. The Morgan fingerprint density at radius 1 is 0.966 bits per heavy atom. The molecule has 0 atom stereocenters. The minimum atomic E-state index is 0.229. The molecule has 0 amide bonds. The molecule has 0 aliphatic rings. The number of ether oxygens (including phenoxy) is 2. The molecule has 0 spiro atoms. The third kappa shape index (κ3) is 4.14. The van der Waals surface area contributed by atoms with E-state index in [2.05, 4.69) is 25.3 Å². The van der Waals surface area contributed by atoms with E-state index in [1.54, 1.807) is 43.2 Å². The van der Waals surface area contributed by atoms with Gasteiger partial charge in [-0.1, -0.05) is 0 Å². The van der Waals surface area contributed by atoms with E-state index in [9.17, 15) is 0 Å². The van der Waals surface area contributed by atoms with Gasteiger partial charge in [0.15, 0.2) is 0 Å². The Hall–Kier alpha value is -3.59. The van der Waals surface area contributed by atoms with Crippen molar-refractivity contribution in [1.82, 2.24) is 24.9 Å². The number of hydrogen-bond donors (Lipinski definition) is 1. The highest BCUT2D eigenvalue weighted by Gasteiger charge is 2.18. The Balaban J connectivity index is 1.75. The highest BCUT2D eigenvalue weighted by molar-refractivity contribution is 7.08. The zero-order valence-corrected chi connectivity index (χ0v) is 16.7. The van der Waals surface area contributed by atoms with Crippen molar-refractivity contribution < 1.29 is 9.47 Å². The first-order valence-electron chi connectivity index (χ1n) is 8.76. The zero-order chi connectivity index (χ0) is 20.1. The molecule has 4 rings (SSSR count). The highest BCUT2D eigenvalue weighted by atomic mass is 32.1. The van der Waals surface area contributed by atoms with Gasteiger partial charge in [0.25, 0.3) is 0 Å². The van der Waals surface area contributed by atoms with Gasteiger partial charge in [-0.2, -0.15) is 16.3 Å². The summed E-state index contributed by atoms with van der Waals surface area (Å²) in [5.41, 5.74) is 4.30. The number of pyridine rings is 1. The first kappa shape index (κ1) is 18.8. The molecular weight excluding hydrogens is 388 g/mol. The molecule has 4 aromatic rings. The van der Waals surface area contributed by atoms with Crippen molar-refractivity contribution in [2.45, 2.75) is 6.54 Å². The molecule has 0 fully saturated rings. The van der Waals surface area contributed by atoms with Crippen LogP contribution >= 0.6 is 11.3 Å². The predicted molar refractivity (Wildman–Crippen MR) is 111 cm³/mol. The summed E-state index contributed by atoms with van der Waals surface area (Å²) in [4.78, 5) is 21.8. The maximum atomic E-state index is 5.47. The van der Waals surface area contributed by atoms with Crippen LogP contribution in [-0.4, -0.2) is 39.1 Å². The summed E-state index contributed by atoms with van der Waals surface area (Å²) in [5, 5.41) is 7.31. The lowest BCUT2D eigenvalue weighted by Gasteiger charge is -2.13. The third-order valence-electron chi connectivity index (χ3n) is 4.18. The third-order valence-corrected chi connectivity index (χ3v) is 4.87. The lowest BCUT2D eigenvalue weighted by molar-refractivity contribution is 0.353. The topological polar surface area (TPSA) is 94.9 Å². The van der Waals surface area contributed by atoms with E-state index in [0.29, 0.717) is 29.6 Å². The smallest absolute Gasteiger partial charge is 0.319 e. The van der Waals surface area contributed by atoms with Gasteiger partial charge < -0.3 is 14.8 Å². The Bertz CT molecular complexity index is 1090. The van der Waals surface area contributed by atoms with Crippen LogP contribution in [0.15, 0.2) is 53.7 Å². The molecule has 0 saturated heterocycles. The van der Waals surface area contributed by atoms with Crippen LogP contribution in [0.4, 0.5) is 5.95 Å². The number of hydrogen-bond acceptors (Lipinski definition) is 9. The van der Waals surface area contributed by atoms with E-state index >= 15 is 0 Å². The molecule has 0 saturated carbocycles. The van der Waals surface area contributed by atoms with Gasteiger partial charge >= 0.3 is 6.01 Å². The van der Waals surface area contributed by atoms with Gasteiger partial charge in [0.05, 0.1) is 25.5 Å². The van der Waals surface area contributed by atoms with Gasteiger partial charge in [0, 0.05) is 36.9 Å². The average Bonchev–Trinajstić information content (AvgIpc) is 3.32. The van der Waals surface area contributed by atoms with E-state index in [1.807, 2.05) is 29.0 Å². The van der Waals surface area contributed by atoms with Crippen molar-refractivity contribution in [1.29, 1.82) is 0 Å². The second-order valence-electron chi connectivity index (χ2n) is 5.96. The summed E-state index contributed by atoms with van der Waals surface area (Å²) in [7, 11) is 3.07. The quantitative estimate of drug-likeness (QED) is 0.497. The first-order chi connectivity index (χ1) is 14.3. The van der Waals surface area contributed by atoms with E-state index in [0.717, 1.165) is 16.7 Å². The molecule has 0 unspecified atom stereocenters. The van der Waals surface area contributed by atoms with Crippen molar-refractivity contribution >= 4 is 17.3 Å².